The molecule has 0 N–H and O–H groups in total. The van der Waals surface area contributed by atoms with Gasteiger partial charge in [-0.25, -0.2) is 0 Å². The summed E-state index contributed by atoms with van der Waals surface area (Å²) in [6.45, 7) is 9.62. The largest absolute Gasteiger partial charge is 0.0683 e. The van der Waals surface area contributed by atoms with E-state index < -0.39 is 0 Å². The van der Waals surface area contributed by atoms with E-state index in [0.717, 1.165) is 0 Å². The van der Waals surface area contributed by atoms with Crippen molar-refractivity contribution < 1.29 is 19.4 Å². The van der Waals surface area contributed by atoms with Crippen LogP contribution in [0.2, 0.25) is 0 Å². The minimum atomic E-state index is 1.24. The van der Waals surface area contributed by atoms with Crippen LogP contribution in [0.1, 0.15) is 20.8 Å². The Morgan fingerprint density at radius 1 is 1.36 bits per heavy atom. The van der Waals surface area contributed by atoms with Gasteiger partial charge in [0.15, 0.2) is 0 Å². The van der Waals surface area contributed by atoms with Gasteiger partial charge < -0.3 is 0 Å². The van der Waals surface area contributed by atoms with Gasteiger partial charge in [-0.05, 0) is 0 Å². The molecular formula is C10H16W. The topological polar surface area (TPSA) is 0 Å². The monoisotopic (exact) mass is 320 g/mol. The van der Waals surface area contributed by atoms with Crippen LogP contribution in [0.5, 0.6) is 0 Å². The second-order valence-corrected chi connectivity index (χ2v) is 2.37. The quantitative estimate of drug-likeness (QED) is 0.701. The van der Waals surface area contributed by atoms with Gasteiger partial charge in [0, 0.05) is 0 Å². The van der Waals surface area contributed by atoms with Crippen molar-refractivity contribution in [3.63, 3.8) is 0 Å². The molecular weight excluding hydrogens is 304 g/mol. The molecule has 0 saturated heterocycles. The van der Waals surface area contributed by atoms with Gasteiger partial charge in [0.2, 0.25) is 0 Å². The first-order valence-electron chi connectivity index (χ1n) is 3.75. The standard InChI is InChI=1S/C8H10.C2H6.W/c1-4-6-8(3)7-5-2;1-2;/h3-7H,1H2,2H3;1-2H3;/b7-5-,8-6-;;. The van der Waals surface area contributed by atoms with Crippen molar-refractivity contribution in [3.05, 3.63) is 36.5 Å². The van der Waals surface area contributed by atoms with Crippen LogP contribution >= 0.6 is 0 Å². The Morgan fingerprint density at radius 3 is 2.18 bits per heavy atom. The molecule has 11 heavy (non-hydrogen) atoms. The van der Waals surface area contributed by atoms with E-state index in [1.807, 2.05) is 32.9 Å². The Morgan fingerprint density at radius 2 is 1.91 bits per heavy atom. The van der Waals surface area contributed by atoms with Gasteiger partial charge in [0.25, 0.3) is 0 Å². The van der Waals surface area contributed by atoms with Crippen molar-refractivity contribution in [3.8, 4) is 0 Å². The maximum absolute atomic E-state index is 3.61. The van der Waals surface area contributed by atoms with Gasteiger partial charge in [0.05, 0.1) is 0 Å². The second-order valence-electron chi connectivity index (χ2n) is 1.52. The van der Waals surface area contributed by atoms with Crippen LogP contribution in [0.3, 0.4) is 0 Å². The summed E-state index contributed by atoms with van der Waals surface area (Å²) in [5.41, 5.74) is 1.24. The third kappa shape index (κ3) is 9.78. The zero-order chi connectivity index (χ0) is 9.11. The molecule has 0 atom stereocenters. The SMILES string of the molecule is C=C/C=C([CH]=[W])\C=C/C.CC. The zero-order valence-corrected chi connectivity index (χ0v) is 10.4. The summed E-state index contributed by atoms with van der Waals surface area (Å²) in [5, 5.41) is 0. The number of rotatable bonds is 3. The minimum absolute atomic E-state index is 1.24. The summed E-state index contributed by atoms with van der Waals surface area (Å²) in [6.07, 6.45) is 7.88. The first-order chi connectivity index (χ1) is 5.35. The second kappa shape index (κ2) is 12.5. The van der Waals surface area contributed by atoms with Crippen molar-refractivity contribution in [2.45, 2.75) is 20.8 Å². The van der Waals surface area contributed by atoms with E-state index in [1.54, 1.807) is 6.08 Å². The molecule has 0 heterocycles. The predicted octanol–water partition coefficient (Wildman–Crippen LogP) is 3.05. The Hall–Kier alpha value is -0.222. The van der Waals surface area contributed by atoms with Crippen molar-refractivity contribution in [2.24, 2.45) is 0 Å². The molecule has 0 amide bonds. The fourth-order valence-corrected chi connectivity index (χ4v) is 1.03. The molecule has 0 radical (unpaired) electrons. The third-order valence-corrected chi connectivity index (χ3v) is 1.78. The molecule has 0 fully saturated rings. The summed E-state index contributed by atoms with van der Waals surface area (Å²) in [6, 6.07) is 0. The number of hydrogen-bond donors (Lipinski definition) is 0. The van der Waals surface area contributed by atoms with Crippen molar-refractivity contribution in [1.29, 1.82) is 0 Å². The Kier molecular flexibility index (Phi) is 15.1. The van der Waals surface area contributed by atoms with E-state index in [-0.39, 0.29) is 0 Å². The first kappa shape index (κ1) is 13.4. The maximum atomic E-state index is 3.61. The van der Waals surface area contributed by atoms with E-state index in [9.17, 15) is 0 Å². The van der Waals surface area contributed by atoms with E-state index in [2.05, 4.69) is 17.1 Å². The number of allylic oxidation sites excluding steroid dienone is 5. The third-order valence-electron chi connectivity index (χ3n) is 0.806. The van der Waals surface area contributed by atoms with E-state index >= 15 is 0 Å². The molecule has 0 spiro atoms. The van der Waals surface area contributed by atoms with Crippen LogP contribution in [0, 0.1) is 0 Å². The molecule has 0 nitrogen and oxygen atoms in total. The average molecular weight is 320 g/mol. The normalized spacial score (nSPS) is 10.3. The first-order valence-corrected chi connectivity index (χ1v) is 5.45. The summed E-state index contributed by atoms with van der Waals surface area (Å²) in [4.78, 5) is 0. The molecule has 0 rings (SSSR count). The minimum Gasteiger partial charge on any atom is -0.0683 e. The predicted molar refractivity (Wildman–Crippen MR) is 50.5 cm³/mol. The van der Waals surface area contributed by atoms with Crippen LogP contribution in [-0.4, -0.2) is 4.40 Å². The molecule has 0 unspecified atom stereocenters. The van der Waals surface area contributed by atoms with Crippen molar-refractivity contribution in [1.82, 2.24) is 0 Å². The molecule has 0 aliphatic rings. The molecule has 0 aromatic carbocycles. The molecule has 0 aliphatic carbocycles. The summed E-state index contributed by atoms with van der Waals surface area (Å²) in [7, 11) is 0. The smallest absolute Gasteiger partial charge is 0.0683 e. The van der Waals surface area contributed by atoms with Crippen molar-refractivity contribution >= 4 is 4.40 Å². The Bertz CT molecular complexity index is 152. The van der Waals surface area contributed by atoms with Gasteiger partial charge in [-0.3, -0.25) is 0 Å². The van der Waals surface area contributed by atoms with Gasteiger partial charge in [0.1, 0.15) is 0 Å². The fourth-order valence-electron chi connectivity index (χ4n) is 0.463. The maximum Gasteiger partial charge on any atom is -0.0683 e. The molecule has 0 aromatic heterocycles. The summed E-state index contributed by atoms with van der Waals surface area (Å²) >= 11 is 1.47. The average Bonchev–Trinajstić information content (AvgIpc) is 2.08. The van der Waals surface area contributed by atoms with Gasteiger partial charge in [-0.1, -0.05) is 13.8 Å². The van der Waals surface area contributed by atoms with E-state index in [4.69, 9.17) is 0 Å². The van der Waals surface area contributed by atoms with E-state index in [1.165, 1.54) is 24.9 Å². The molecule has 1 heteroatoms. The Labute approximate surface area is 81.1 Å². The van der Waals surface area contributed by atoms with E-state index in [0.29, 0.717) is 0 Å². The zero-order valence-electron chi connectivity index (χ0n) is 7.50. The van der Waals surface area contributed by atoms with Crippen LogP contribution in [0.25, 0.3) is 0 Å². The molecule has 62 valence electrons. The van der Waals surface area contributed by atoms with Crippen molar-refractivity contribution in [2.75, 3.05) is 0 Å². The molecule has 0 bridgehead atoms. The van der Waals surface area contributed by atoms with Crippen LogP contribution < -0.4 is 0 Å². The van der Waals surface area contributed by atoms with Crippen LogP contribution in [0.4, 0.5) is 0 Å². The van der Waals surface area contributed by atoms with Crippen LogP contribution in [0.15, 0.2) is 36.5 Å². The Balaban J connectivity index is 0. The number of hydrogen-bond acceptors (Lipinski definition) is 0. The van der Waals surface area contributed by atoms with Gasteiger partial charge in [-0.2, -0.15) is 0 Å². The van der Waals surface area contributed by atoms with Crippen LogP contribution in [-0.2, 0) is 19.4 Å². The van der Waals surface area contributed by atoms with Gasteiger partial charge >= 0.3 is 67.1 Å². The molecule has 0 aliphatic heterocycles. The summed E-state index contributed by atoms with van der Waals surface area (Å²) in [5.74, 6) is 0. The fraction of sp³-hybridized carbons (Fsp3) is 0.300. The molecule has 0 saturated carbocycles. The summed E-state index contributed by atoms with van der Waals surface area (Å²) < 4.78 is 2.13. The molecule has 0 aromatic rings. The van der Waals surface area contributed by atoms with Gasteiger partial charge in [-0.15, -0.1) is 0 Å².